The summed E-state index contributed by atoms with van der Waals surface area (Å²) in [6.07, 6.45) is 65.8. The van der Waals surface area contributed by atoms with Gasteiger partial charge in [0.05, 0.1) is 39.9 Å². The summed E-state index contributed by atoms with van der Waals surface area (Å²) >= 11 is 0. The highest BCUT2D eigenvalue weighted by atomic mass is 31.2. The monoisotopic (exact) mass is 1010 g/mol. The zero-order chi connectivity index (χ0) is 51.3. The van der Waals surface area contributed by atoms with Gasteiger partial charge in [0, 0.05) is 6.42 Å². The SMILES string of the molecule is CCCCCCCCC/C=C\CCCCCCCC(=O)NC(COP(=O)(O)OCC[N+](C)(C)C)C(O)CCCCCCCCCCCCCCCCCCCCCCCCCCCCCCCCCC. The fraction of sp³-hybridized carbons (Fsp3) is 0.951. The minimum absolute atomic E-state index is 0.0755. The molecule has 0 aromatic rings. The van der Waals surface area contributed by atoms with Gasteiger partial charge in [0.25, 0.3) is 0 Å². The standard InChI is InChI=1S/C61H123N2O6P/c1-6-8-10-12-14-16-18-20-22-24-25-26-27-28-29-30-31-32-33-34-35-36-37-38-39-40-42-44-46-48-50-52-54-60(64)59(58-69-70(66,67)68-57-56-63(3,4)5)62-61(65)55-53-51-49-47-45-43-41-23-21-19-17-15-13-11-9-7-2/h23,41,59-60,64H,6-22,24-40,42-58H2,1-5H3,(H-,62,65,66,67)/p+1/b41-23-. The van der Waals surface area contributed by atoms with Gasteiger partial charge in [-0.15, -0.1) is 0 Å². The molecule has 0 saturated heterocycles. The van der Waals surface area contributed by atoms with Gasteiger partial charge in [-0.2, -0.15) is 0 Å². The Hall–Kier alpha value is -0.760. The molecule has 0 aromatic heterocycles. The first-order chi connectivity index (χ1) is 34.0. The van der Waals surface area contributed by atoms with Crippen molar-refractivity contribution < 1.29 is 32.9 Å². The number of nitrogens with one attached hydrogen (secondary N) is 1. The number of carbonyl (C=O) groups is 1. The van der Waals surface area contributed by atoms with Crippen LogP contribution in [0.25, 0.3) is 0 Å². The Morgan fingerprint density at radius 3 is 1.10 bits per heavy atom. The Morgan fingerprint density at radius 1 is 0.471 bits per heavy atom. The van der Waals surface area contributed by atoms with Crippen LogP contribution in [0.15, 0.2) is 12.2 Å². The molecule has 0 aliphatic rings. The Balaban J connectivity index is 4.00. The van der Waals surface area contributed by atoms with Crippen molar-refractivity contribution in [2.45, 2.75) is 334 Å². The fourth-order valence-electron chi connectivity index (χ4n) is 9.63. The van der Waals surface area contributed by atoms with Crippen molar-refractivity contribution in [3.8, 4) is 0 Å². The summed E-state index contributed by atoms with van der Waals surface area (Å²) in [7, 11) is 1.63. The second-order valence-electron chi connectivity index (χ2n) is 22.8. The molecule has 3 unspecified atom stereocenters. The summed E-state index contributed by atoms with van der Waals surface area (Å²) in [5, 5.41) is 14.1. The van der Waals surface area contributed by atoms with E-state index in [4.69, 9.17) is 9.05 Å². The molecule has 0 radical (unpaired) electrons. The summed E-state index contributed by atoms with van der Waals surface area (Å²) in [6.45, 7) is 4.92. The van der Waals surface area contributed by atoms with Crippen molar-refractivity contribution in [3.63, 3.8) is 0 Å². The van der Waals surface area contributed by atoms with Gasteiger partial charge in [0.1, 0.15) is 13.2 Å². The zero-order valence-electron chi connectivity index (χ0n) is 47.8. The van der Waals surface area contributed by atoms with E-state index < -0.39 is 20.0 Å². The Morgan fingerprint density at radius 2 is 0.771 bits per heavy atom. The summed E-state index contributed by atoms with van der Waals surface area (Å²) in [5.74, 6) is -0.147. The first-order valence-electron chi connectivity index (χ1n) is 31.1. The molecule has 0 bridgehead atoms. The van der Waals surface area contributed by atoms with Crippen LogP contribution in [0.3, 0.4) is 0 Å². The predicted molar refractivity (Wildman–Crippen MR) is 305 cm³/mol. The molecule has 3 atom stereocenters. The Labute approximate surface area is 437 Å². The van der Waals surface area contributed by atoms with Crippen molar-refractivity contribution in [2.75, 3.05) is 40.9 Å². The summed E-state index contributed by atoms with van der Waals surface area (Å²) in [6, 6.07) is -0.763. The number of aliphatic hydroxyl groups excluding tert-OH is 1. The van der Waals surface area contributed by atoms with Crippen molar-refractivity contribution in [1.29, 1.82) is 0 Å². The van der Waals surface area contributed by atoms with Crippen LogP contribution in [0, 0.1) is 0 Å². The van der Waals surface area contributed by atoms with Crippen LogP contribution in [0.2, 0.25) is 0 Å². The second kappa shape index (κ2) is 53.1. The van der Waals surface area contributed by atoms with Crippen LogP contribution < -0.4 is 5.32 Å². The number of hydrogen-bond acceptors (Lipinski definition) is 5. The molecule has 3 N–H and O–H groups in total. The third kappa shape index (κ3) is 55.0. The molecule has 8 nitrogen and oxygen atoms in total. The van der Waals surface area contributed by atoms with Crippen LogP contribution in [-0.2, 0) is 18.4 Å². The summed E-state index contributed by atoms with van der Waals surface area (Å²) in [5.41, 5.74) is 0. The van der Waals surface area contributed by atoms with Gasteiger partial charge in [0.15, 0.2) is 0 Å². The van der Waals surface area contributed by atoms with Gasteiger partial charge in [-0.05, 0) is 38.5 Å². The van der Waals surface area contributed by atoms with E-state index in [0.29, 0.717) is 23.9 Å². The Bertz CT molecular complexity index is 1150. The van der Waals surface area contributed by atoms with Crippen LogP contribution in [0.1, 0.15) is 322 Å². The molecule has 1 amide bonds. The van der Waals surface area contributed by atoms with Crippen molar-refractivity contribution in [1.82, 2.24) is 5.32 Å². The third-order valence-corrected chi connectivity index (χ3v) is 15.5. The van der Waals surface area contributed by atoms with E-state index in [9.17, 15) is 19.4 Å². The molecule has 0 aliphatic carbocycles. The minimum atomic E-state index is -4.32. The molecule has 418 valence electrons. The van der Waals surface area contributed by atoms with Crippen molar-refractivity contribution >= 4 is 13.7 Å². The Kier molecular flexibility index (Phi) is 52.5. The predicted octanol–water partition coefficient (Wildman–Crippen LogP) is 19.0. The normalized spacial score (nSPS) is 13.9. The van der Waals surface area contributed by atoms with Gasteiger partial charge in [-0.25, -0.2) is 4.57 Å². The molecule has 9 heteroatoms. The summed E-state index contributed by atoms with van der Waals surface area (Å²) < 4.78 is 23.8. The van der Waals surface area contributed by atoms with Gasteiger partial charge in [0.2, 0.25) is 5.91 Å². The zero-order valence-corrected chi connectivity index (χ0v) is 48.7. The number of hydrogen-bond donors (Lipinski definition) is 3. The fourth-order valence-corrected chi connectivity index (χ4v) is 10.4. The highest BCUT2D eigenvalue weighted by Crippen LogP contribution is 2.43. The lowest BCUT2D eigenvalue weighted by Crippen LogP contribution is -2.46. The topological polar surface area (TPSA) is 105 Å². The smallest absolute Gasteiger partial charge is 0.391 e. The number of aliphatic hydroxyl groups is 1. The highest BCUT2D eigenvalue weighted by molar-refractivity contribution is 7.47. The van der Waals surface area contributed by atoms with Gasteiger partial charge in [-0.1, -0.05) is 289 Å². The molecule has 70 heavy (non-hydrogen) atoms. The maximum Gasteiger partial charge on any atom is 0.472 e. The number of phosphoric ester groups is 1. The minimum Gasteiger partial charge on any atom is -0.391 e. The number of nitrogens with zero attached hydrogens (tertiary/aromatic N) is 1. The molecule has 0 aliphatic heterocycles. The van der Waals surface area contributed by atoms with E-state index in [1.54, 1.807) is 0 Å². The molecular weight excluding hydrogens is 888 g/mol. The molecule has 0 aromatic carbocycles. The molecule has 0 saturated carbocycles. The van der Waals surface area contributed by atoms with E-state index in [2.05, 4.69) is 31.3 Å². The summed E-state index contributed by atoms with van der Waals surface area (Å²) in [4.78, 5) is 23.3. The van der Waals surface area contributed by atoms with E-state index >= 15 is 0 Å². The first kappa shape index (κ1) is 69.2. The quantitative estimate of drug-likeness (QED) is 0.0243. The third-order valence-electron chi connectivity index (χ3n) is 14.5. The number of carbonyl (C=O) groups excluding carboxylic acids is 1. The molecule has 0 rings (SSSR count). The van der Waals surface area contributed by atoms with E-state index in [1.165, 1.54) is 244 Å². The molecular formula is C61H124N2O6P+. The van der Waals surface area contributed by atoms with Crippen LogP contribution >= 0.6 is 7.82 Å². The van der Waals surface area contributed by atoms with Gasteiger partial charge >= 0.3 is 7.82 Å². The maximum atomic E-state index is 13.0. The molecule has 0 spiro atoms. The number of allylic oxidation sites excluding steroid dienone is 2. The number of amides is 1. The number of quaternary nitrogens is 1. The largest absolute Gasteiger partial charge is 0.472 e. The van der Waals surface area contributed by atoms with Crippen LogP contribution in [0.5, 0.6) is 0 Å². The van der Waals surface area contributed by atoms with Crippen LogP contribution in [-0.4, -0.2) is 73.4 Å². The number of rotatable bonds is 58. The van der Waals surface area contributed by atoms with Crippen molar-refractivity contribution in [3.05, 3.63) is 12.2 Å². The van der Waals surface area contributed by atoms with E-state index in [1.807, 2.05) is 21.1 Å². The van der Waals surface area contributed by atoms with E-state index in [0.717, 1.165) is 51.4 Å². The lowest BCUT2D eigenvalue weighted by Gasteiger charge is -2.26. The first-order valence-corrected chi connectivity index (χ1v) is 32.5. The lowest BCUT2D eigenvalue weighted by atomic mass is 10.0. The maximum absolute atomic E-state index is 13.0. The lowest BCUT2D eigenvalue weighted by molar-refractivity contribution is -0.870. The van der Waals surface area contributed by atoms with Crippen molar-refractivity contribution in [2.24, 2.45) is 0 Å². The van der Waals surface area contributed by atoms with Crippen LogP contribution in [0.4, 0.5) is 0 Å². The second-order valence-corrected chi connectivity index (χ2v) is 24.2. The number of likely N-dealkylation sites (N-methyl/N-ethyl adjacent to an activating group) is 1. The molecule has 0 fully saturated rings. The number of unbranched alkanes of at least 4 members (excludes halogenated alkanes) is 43. The van der Waals surface area contributed by atoms with Gasteiger partial charge < -0.3 is 19.8 Å². The average molecular weight is 1010 g/mol. The molecule has 0 heterocycles. The van der Waals surface area contributed by atoms with E-state index in [-0.39, 0.29) is 19.1 Å². The highest BCUT2D eigenvalue weighted by Gasteiger charge is 2.28. The average Bonchev–Trinajstić information content (AvgIpc) is 3.32. The van der Waals surface area contributed by atoms with Gasteiger partial charge in [-0.3, -0.25) is 13.8 Å². The number of phosphoric acid groups is 1.